The number of carboxylic acid groups (broad SMARTS) is 1. The van der Waals surface area contributed by atoms with E-state index < -0.39 is 5.97 Å². The standard InChI is InChI=1S/C17H25NO4/c1-3-4-10-22-15-8-7-13(11-16(15)21-2)12-18-9-5-6-14(18)17(19)20/h7-8,11,14H,3-6,9-10,12H2,1-2H3,(H,19,20)/t14-/m1/s1. The van der Waals surface area contributed by atoms with Crippen LogP contribution < -0.4 is 9.47 Å². The summed E-state index contributed by atoms with van der Waals surface area (Å²) in [6.07, 6.45) is 3.77. The molecule has 1 aromatic carbocycles. The molecule has 5 nitrogen and oxygen atoms in total. The number of nitrogens with zero attached hydrogens (tertiary/aromatic N) is 1. The highest BCUT2D eigenvalue weighted by Gasteiger charge is 2.30. The number of carbonyl (C=O) groups is 1. The lowest BCUT2D eigenvalue weighted by Gasteiger charge is -2.21. The molecular weight excluding hydrogens is 282 g/mol. The second-order valence-electron chi connectivity index (χ2n) is 5.65. The third-order valence-electron chi connectivity index (χ3n) is 4.02. The summed E-state index contributed by atoms with van der Waals surface area (Å²) in [7, 11) is 1.63. The van der Waals surface area contributed by atoms with E-state index in [0.717, 1.165) is 43.5 Å². The zero-order chi connectivity index (χ0) is 15.9. The summed E-state index contributed by atoms with van der Waals surface area (Å²) in [5.74, 6) is 0.722. The van der Waals surface area contributed by atoms with Gasteiger partial charge in [0.05, 0.1) is 13.7 Å². The second-order valence-corrected chi connectivity index (χ2v) is 5.65. The molecule has 1 N–H and O–H groups in total. The van der Waals surface area contributed by atoms with Crippen molar-refractivity contribution in [2.24, 2.45) is 0 Å². The number of hydrogen-bond acceptors (Lipinski definition) is 4. The van der Waals surface area contributed by atoms with Crippen molar-refractivity contribution in [1.29, 1.82) is 0 Å². The summed E-state index contributed by atoms with van der Waals surface area (Å²) in [5, 5.41) is 9.24. The SMILES string of the molecule is CCCCOc1ccc(CN2CCC[C@@H]2C(=O)O)cc1OC. The molecule has 5 heteroatoms. The number of unbranched alkanes of at least 4 members (excludes halogenated alkanes) is 1. The number of rotatable bonds is 8. The largest absolute Gasteiger partial charge is 0.493 e. The van der Waals surface area contributed by atoms with Crippen LogP contribution in [-0.2, 0) is 11.3 Å². The average Bonchev–Trinajstić information content (AvgIpc) is 2.97. The van der Waals surface area contributed by atoms with Gasteiger partial charge in [0.2, 0.25) is 0 Å². The Balaban J connectivity index is 2.04. The van der Waals surface area contributed by atoms with E-state index in [9.17, 15) is 9.90 Å². The van der Waals surface area contributed by atoms with Gasteiger partial charge in [0.1, 0.15) is 6.04 Å². The molecule has 1 fully saturated rings. The minimum atomic E-state index is -0.732. The Morgan fingerprint density at radius 1 is 1.41 bits per heavy atom. The Hall–Kier alpha value is -1.75. The predicted octanol–water partition coefficient (Wildman–Crippen LogP) is 2.92. The van der Waals surface area contributed by atoms with Crippen molar-refractivity contribution in [3.8, 4) is 11.5 Å². The number of aliphatic carboxylic acids is 1. The lowest BCUT2D eigenvalue weighted by atomic mass is 10.1. The van der Waals surface area contributed by atoms with Crippen LogP contribution in [-0.4, -0.2) is 42.3 Å². The van der Waals surface area contributed by atoms with E-state index in [2.05, 4.69) is 6.92 Å². The van der Waals surface area contributed by atoms with Crippen molar-refractivity contribution >= 4 is 5.97 Å². The van der Waals surface area contributed by atoms with Crippen LogP contribution in [0.1, 0.15) is 38.2 Å². The maximum Gasteiger partial charge on any atom is 0.320 e. The summed E-state index contributed by atoms with van der Waals surface area (Å²) < 4.78 is 11.1. The lowest BCUT2D eigenvalue weighted by molar-refractivity contribution is -0.142. The van der Waals surface area contributed by atoms with E-state index in [-0.39, 0.29) is 6.04 Å². The number of benzene rings is 1. The highest BCUT2D eigenvalue weighted by atomic mass is 16.5. The Labute approximate surface area is 131 Å². The molecule has 1 aliphatic heterocycles. The van der Waals surface area contributed by atoms with Gasteiger partial charge in [0.25, 0.3) is 0 Å². The average molecular weight is 307 g/mol. The van der Waals surface area contributed by atoms with Gasteiger partial charge < -0.3 is 14.6 Å². The van der Waals surface area contributed by atoms with Gasteiger partial charge in [-0.2, -0.15) is 0 Å². The maximum atomic E-state index is 11.2. The third-order valence-corrected chi connectivity index (χ3v) is 4.02. The van der Waals surface area contributed by atoms with E-state index in [1.807, 2.05) is 23.1 Å². The van der Waals surface area contributed by atoms with Crippen molar-refractivity contribution in [1.82, 2.24) is 4.90 Å². The zero-order valence-corrected chi connectivity index (χ0v) is 13.4. The molecular formula is C17H25NO4. The lowest BCUT2D eigenvalue weighted by Crippen LogP contribution is -2.35. The summed E-state index contributed by atoms with van der Waals surface area (Å²) in [5.41, 5.74) is 1.05. The zero-order valence-electron chi connectivity index (χ0n) is 13.4. The summed E-state index contributed by atoms with van der Waals surface area (Å²) in [6, 6.07) is 5.47. The minimum absolute atomic E-state index is 0.369. The van der Waals surface area contributed by atoms with E-state index in [0.29, 0.717) is 18.9 Å². The molecule has 0 aromatic heterocycles. The smallest absolute Gasteiger partial charge is 0.320 e. The fraction of sp³-hybridized carbons (Fsp3) is 0.588. The number of methoxy groups -OCH3 is 1. The molecule has 1 aliphatic rings. The predicted molar refractivity (Wildman–Crippen MR) is 84.5 cm³/mol. The number of carboxylic acids is 1. The van der Waals surface area contributed by atoms with Crippen LogP contribution in [0.15, 0.2) is 18.2 Å². The first kappa shape index (κ1) is 16.6. The first-order chi connectivity index (χ1) is 10.7. The molecule has 0 aliphatic carbocycles. The molecule has 0 amide bonds. The van der Waals surface area contributed by atoms with Crippen LogP contribution in [0, 0.1) is 0 Å². The van der Waals surface area contributed by atoms with Crippen molar-refractivity contribution in [2.75, 3.05) is 20.3 Å². The minimum Gasteiger partial charge on any atom is -0.493 e. The van der Waals surface area contributed by atoms with Gasteiger partial charge in [-0.15, -0.1) is 0 Å². The van der Waals surface area contributed by atoms with E-state index in [1.165, 1.54) is 0 Å². The van der Waals surface area contributed by atoms with Gasteiger partial charge in [0.15, 0.2) is 11.5 Å². The quantitative estimate of drug-likeness (QED) is 0.748. The van der Waals surface area contributed by atoms with Crippen LogP contribution in [0.25, 0.3) is 0 Å². The normalized spacial score (nSPS) is 18.4. The molecule has 1 atom stereocenters. The van der Waals surface area contributed by atoms with Gasteiger partial charge in [-0.25, -0.2) is 0 Å². The molecule has 0 radical (unpaired) electrons. The molecule has 1 aromatic rings. The van der Waals surface area contributed by atoms with E-state index in [4.69, 9.17) is 9.47 Å². The highest BCUT2D eigenvalue weighted by molar-refractivity contribution is 5.73. The summed E-state index contributed by atoms with van der Waals surface area (Å²) >= 11 is 0. The molecule has 122 valence electrons. The van der Waals surface area contributed by atoms with Gasteiger partial charge >= 0.3 is 5.97 Å². The van der Waals surface area contributed by atoms with Crippen molar-refractivity contribution in [2.45, 2.75) is 45.2 Å². The summed E-state index contributed by atoms with van der Waals surface area (Å²) in [6.45, 7) is 4.26. The molecule has 0 bridgehead atoms. The molecule has 2 rings (SSSR count). The van der Waals surface area contributed by atoms with Crippen LogP contribution in [0.2, 0.25) is 0 Å². The molecule has 1 heterocycles. The van der Waals surface area contributed by atoms with Crippen molar-refractivity contribution < 1.29 is 19.4 Å². The number of hydrogen-bond donors (Lipinski definition) is 1. The fourth-order valence-corrected chi connectivity index (χ4v) is 2.79. The van der Waals surface area contributed by atoms with Crippen molar-refractivity contribution in [3.05, 3.63) is 23.8 Å². The van der Waals surface area contributed by atoms with Gasteiger partial charge in [-0.05, 0) is 43.5 Å². The molecule has 1 saturated heterocycles. The van der Waals surface area contributed by atoms with Crippen LogP contribution in [0.5, 0.6) is 11.5 Å². The second kappa shape index (κ2) is 8.03. The topological polar surface area (TPSA) is 59.0 Å². The van der Waals surface area contributed by atoms with Crippen LogP contribution in [0.4, 0.5) is 0 Å². The highest BCUT2D eigenvalue weighted by Crippen LogP contribution is 2.30. The molecule has 0 spiro atoms. The number of likely N-dealkylation sites (tertiary alicyclic amines) is 1. The van der Waals surface area contributed by atoms with E-state index in [1.54, 1.807) is 7.11 Å². The van der Waals surface area contributed by atoms with Crippen LogP contribution >= 0.6 is 0 Å². The fourth-order valence-electron chi connectivity index (χ4n) is 2.79. The first-order valence-corrected chi connectivity index (χ1v) is 7.92. The molecule has 22 heavy (non-hydrogen) atoms. The Morgan fingerprint density at radius 3 is 2.91 bits per heavy atom. The Bertz CT molecular complexity index is 503. The van der Waals surface area contributed by atoms with Gasteiger partial charge in [-0.3, -0.25) is 9.69 Å². The first-order valence-electron chi connectivity index (χ1n) is 7.92. The number of ether oxygens (including phenoxy) is 2. The monoisotopic (exact) mass is 307 g/mol. The van der Waals surface area contributed by atoms with Gasteiger partial charge in [-0.1, -0.05) is 19.4 Å². The van der Waals surface area contributed by atoms with Crippen LogP contribution in [0.3, 0.4) is 0 Å². The third kappa shape index (κ3) is 4.13. The molecule has 0 unspecified atom stereocenters. The Kier molecular flexibility index (Phi) is 6.07. The van der Waals surface area contributed by atoms with E-state index >= 15 is 0 Å². The molecule has 0 saturated carbocycles. The Morgan fingerprint density at radius 2 is 2.23 bits per heavy atom. The maximum absolute atomic E-state index is 11.2. The van der Waals surface area contributed by atoms with Crippen molar-refractivity contribution in [3.63, 3.8) is 0 Å². The summed E-state index contributed by atoms with van der Waals surface area (Å²) in [4.78, 5) is 13.2. The van der Waals surface area contributed by atoms with Gasteiger partial charge in [0, 0.05) is 6.54 Å².